The van der Waals surface area contributed by atoms with Gasteiger partial charge in [0.05, 0.1) is 6.04 Å². The van der Waals surface area contributed by atoms with Gasteiger partial charge in [0.2, 0.25) is 17.6 Å². The number of aromatic amines is 1. The lowest BCUT2D eigenvalue weighted by atomic mass is 10.0. The maximum atomic E-state index is 13.2. The molecule has 4 N–H and O–H groups in total. The molecule has 4 aromatic rings. The van der Waals surface area contributed by atoms with Crippen LogP contribution in [0.1, 0.15) is 30.0 Å². The van der Waals surface area contributed by atoms with Crippen LogP contribution in [0.4, 0.5) is 0 Å². The number of hydrogen-bond donors (Lipinski definition) is 4. The van der Waals surface area contributed by atoms with E-state index in [2.05, 4.69) is 36.6 Å². The first-order chi connectivity index (χ1) is 18.1. The predicted molar refractivity (Wildman–Crippen MR) is 141 cm³/mol. The Labute approximate surface area is 216 Å². The van der Waals surface area contributed by atoms with Gasteiger partial charge in [0, 0.05) is 18.7 Å². The van der Waals surface area contributed by atoms with Crippen LogP contribution in [-0.4, -0.2) is 44.5 Å². The molecule has 0 aliphatic rings. The minimum atomic E-state index is -0.661. The van der Waals surface area contributed by atoms with E-state index in [1.807, 2.05) is 84.9 Å². The van der Waals surface area contributed by atoms with E-state index >= 15 is 0 Å². The molecular formula is C28H31N7O2. The number of tetrazole rings is 1. The van der Waals surface area contributed by atoms with Gasteiger partial charge in [-0.25, -0.2) is 0 Å². The Bertz CT molecular complexity index is 1250. The number of carbonyl (C=O) groups is 2. The number of amides is 2. The number of aromatic nitrogens is 4. The minimum Gasteiger partial charge on any atom is -0.350 e. The van der Waals surface area contributed by atoms with Crippen molar-refractivity contribution in [2.24, 2.45) is 0 Å². The Balaban J connectivity index is 1.35. The third-order valence-corrected chi connectivity index (χ3v) is 6.05. The summed E-state index contributed by atoms with van der Waals surface area (Å²) < 4.78 is 0. The Morgan fingerprint density at radius 1 is 0.811 bits per heavy atom. The smallest absolute Gasteiger partial charge is 0.242 e. The van der Waals surface area contributed by atoms with Crippen LogP contribution in [0, 0.1) is 0 Å². The Hall–Kier alpha value is -4.37. The van der Waals surface area contributed by atoms with E-state index in [0.717, 1.165) is 28.7 Å². The van der Waals surface area contributed by atoms with E-state index in [1.54, 1.807) is 6.92 Å². The summed E-state index contributed by atoms with van der Waals surface area (Å²) >= 11 is 0. The highest BCUT2D eigenvalue weighted by molar-refractivity contribution is 5.89. The van der Waals surface area contributed by atoms with Crippen molar-refractivity contribution in [1.82, 2.24) is 36.6 Å². The van der Waals surface area contributed by atoms with E-state index < -0.39 is 12.1 Å². The third-order valence-electron chi connectivity index (χ3n) is 6.05. The molecule has 0 unspecified atom stereocenters. The molecule has 2 atom stereocenters. The number of benzene rings is 3. The molecule has 3 aromatic carbocycles. The molecule has 0 bridgehead atoms. The van der Waals surface area contributed by atoms with Gasteiger partial charge in [-0.05, 0) is 41.7 Å². The fourth-order valence-electron chi connectivity index (χ4n) is 3.90. The van der Waals surface area contributed by atoms with Gasteiger partial charge in [-0.15, -0.1) is 10.2 Å². The van der Waals surface area contributed by atoms with Crippen molar-refractivity contribution in [3.63, 3.8) is 0 Å². The van der Waals surface area contributed by atoms with E-state index in [-0.39, 0.29) is 11.8 Å². The highest BCUT2D eigenvalue weighted by Crippen LogP contribution is 2.14. The Kier molecular flexibility index (Phi) is 9.09. The molecule has 0 fully saturated rings. The molecule has 9 heteroatoms. The van der Waals surface area contributed by atoms with E-state index in [4.69, 9.17) is 0 Å². The van der Waals surface area contributed by atoms with Gasteiger partial charge in [-0.3, -0.25) is 9.59 Å². The first-order valence-electron chi connectivity index (χ1n) is 12.3. The standard InChI is InChI=1S/C28H31N7O2/c1-20(27(36)30-19-22-10-6-3-7-11-22)31-28(37)25(17-14-21-8-4-2-5-9-21)29-18-23-12-15-24(16-13-23)26-32-34-35-33-26/h2-13,15-16,20,25,29H,14,17-19H2,1H3,(H,30,36)(H,31,37)(H,32,33,34,35)/t20-,25+/m0/s1. The first-order valence-corrected chi connectivity index (χ1v) is 12.3. The van der Waals surface area contributed by atoms with Gasteiger partial charge >= 0.3 is 0 Å². The van der Waals surface area contributed by atoms with Crippen molar-refractivity contribution in [3.8, 4) is 11.4 Å². The summed E-state index contributed by atoms with van der Waals surface area (Å²) in [5.74, 6) is 0.0944. The molecule has 2 amide bonds. The number of rotatable bonds is 12. The molecule has 1 aromatic heterocycles. The van der Waals surface area contributed by atoms with Crippen molar-refractivity contribution in [2.45, 2.75) is 44.9 Å². The Morgan fingerprint density at radius 2 is 1.46 bits per heavy atom. The highest BCUT2D eigenvalue weighted by Gasteiger charge is 2.22. The van der Waals surface area contributed by atoms with E-state index in [0.29, 0.717) is 25.3 Å². The lowest BCUT2D eigenvalue weighted by Crippen LogP contribution is -2.51. The van der Waals surface area contributed by atoms with Crippen LogP contribution in [-0.2, 0) is 29.1 Å². The monoisotopic (exact) mass is 497 g/mol. The molecule has 0 aliphatic heterocycles. The number of hydrogen-bond acceptors (Lipinski definition) is 6. The molecule has 0 saturated heterocycles. The summed E-state index contributed by atoms with van der Waals surface area (Å²) in [5.41, 5.74) is 4.02. The van der Waals surface area contributed by atoms with Crippen LogP contribution in [0.5, 0.6) is 0 Å². The fraction of sp³-hybridized carbons (Fsp3) is 0.250. The zero-order valence-corrected chi connectivity index (χ0v) is 20.7. The fourth-order valence-corrected chi connectivity index (χ4v) is 3.90. The summed E-state index contributed by atoms with van der Waals surface area (Å²) in [6, 6.07) is 26.3. The summed E-state index contributed by atoms with van der Waals surface area (Å²) in [6.45, 7) is 2.60. The number of carbonyl (C=O) groups excluding carboxylic acids is 2. The topological polar surface area (TPSA) is 125 Å². The summed E-state index contributed by atoms with van der Waals surface area (Å²) in [7, 11) is 0. The second-order valence-corrected chi connectivity index (χ2v) is 8.82. The van der Waals surface area contributed by atoms with E-state index in [1.165, 1.54) is 0 Å². The van der Waals surface area contributed by atoms with Crippen molar-refractivity contribution in [2.75, 3.05) is 0 Å². The largest absolute Gasteiger partial charge is 0.350 e. The third kappa shape index (κ3) is 7.81. The zero-order valence-electron chi connectivity index (χ0n) is 20.7. The number of nitrogens with zero attached hydrogens (tertiary/aromatic N) is 3. The van der Waals surface area contributed by atoms with Gasteiger partial charge in [0.1, 0.15) is 6.04 Å². The molecule has 0 aliphatic carbocycles. The molecule has 0 saturated carbocycles. The van der Waals surface area contributed by atoms with Gasteiger partial charge in [-0.2, -0.15) is 5.21 Å². The van der Waals surface area contributed by atoms with Crippen LogP contribution < -0.4 is 16.0 Å². The van der Waals surface area contributed by atoms with Crippen molar-refractivity contribution < 1.29 is 9.59 Å². The highest BCUT2D eigenvalue weighted by atomic mass is 16.2. The van der Waals surface area contributed by atoms with Crippen LogP contribution >= 0.6 is 0 Å². The van der Waals surface area contributed by atoms with Gasteiger partial charge in [0.25, 0.3) is 0 Å². The summed E-state index contributed by atoms with van der Waals surface area (Å²) in [5, 5.41) is 23.1. The van der Waals surface area contributed by atoms with Crippen LogP contribution in [0.15, 0.2) is 84.9 Å². The number of nitrogens with one attached hydrogen (secondary N) is 4. The van der Waals surface area contributed by atoms with E-state index in [9.17, 15) is 9.59 Å². The maximum Gasteiger partial charge on any atom is 0.242 e. The van der Waals surface area contributed by atoms with Crippen LogP contribution in [0.2, 0.25) is 0 Å². The second-order valence-electron chi connectivity index (χ2n) is 8.82. The van der Waals surface area contributed by atoms with Crippen molar-refractivity contribution in [3.05, 3.63) is 102 Å². The lowest BCUT2D eigenvalue weighted by molar-refractivity contribution is -0.129. The molecular weight excluding hydrogens is 466 g/mol. The maximum absolute atomic E-state index is 13.2. The normalized spacial score (nSPS) is 12.5. The molecule has 0 spiro atoms. The molecule has 0 radical (unpaired) electrons. The molecule has 190 valence electrons. The van der Waals surface area contributed by atoms with Crippen LogP contribution in [0.25, 0.3) is 11.4 Å². The van der Waals surface area contributed by atoms with Gasteiger partial charge in [-0.1, -0.05) is 84.9 Å². The van der Waals surface area contributed by atoms with Gasteiger partial charge in [0.15, 0.2) is 0 Å². The molecule has 9 nitrogen and oxygen atoms in total. The quantitative estimate of drug-likeness (QED) is 0.239. The van der Waals surface area contributed by atoms with Crippen molar-refractivity contribution >= 4 is 11.8 Å². The lowest BCUT2D eigenvalue weighted by Gasteiger charge is -2.21. The SMILES string of the molecule is C[C@H](NC(=O)[C@@H](CCc1ccccc1)NCc1ccc(-c2nn[nH]n2)cc1)C(=O)NCc1ccccc1. The number of aryl methyl sites for hydroxylation is 1. The van der Waals surface area contributed by atoms with Crippen LogP contribution in [0.3, 0.4) is 0 Å². The number of H-pyrrole nitrogens is 1. The van der Waals surface area contributed by atoms with Gasteiger partial charge < -0.3 is 16.0 Å². The summed E-state index contributed by atoms with van der Waals surface area (Å²) in [4.78, 5) is 25.8. The average Bonchev–Trinajstić information content (AvgIpc) is 3.48. The first kappa shape index (κ1) is 25.7. The average molecular weight is 498 g/mol. The Morgan fingerprint density at radius 3 is 2.11 bits per heavy atom. The van der Waals surface area contributed by atoms with Crippen molar-refractivity contribution in [1.29, 1.82) is 0 Å². The minimum absolute atomic E-state index is 0.207. The molecule has 1 heterocycles. The molecule has 4 rings (SSSR count). The summed E-state index contributed by atoms with van der Waals surface area (Å²) in [6.07, 6.45) is 1.33. The molecule has 37 heavy (non-hydrogen) atoms. The predicted octanol–water partition coefficient (Wildman–Crippen LogP) is 2.78. The zero-order chi connectivity index (χ0) is 25.9. The second kappa shape index (κ2) is 13.1.